The van der Waals surface area contributed by atoms with E-state index >= 15 is 0 Å². The summed E-state index contributed by atoms with van der Waals surface area (Å²) in [7, 11) is 2.58. The topological polar surface area (TPSA) is 68.7 Å². The number of ether oxygens (including phenoxy) is 2. The number of pyridine rings is 1. The Morgan fingerprint density at radius 2 is 2.11 bits per heavy atom. The van der Waals surface area contributed by atoms with Crippen molar-refractivity contribution >= 4 is 28.5 Å². The standard InChI is InChI=1S/C12H10ClNO4/c1-17-11-10(15)9(12(16)18-2)7-5-6(13)3-4-8(7)14-11/h3-5,15H,1-2H3. The summed E-state index contributed by atoms with van der Waals surface area (Å²) < 4.78 is 9.56. The summed E-state index contributed by atoms with van der Waals surface area (Å²) in [5.74, 6) is -1.08. The van der Waals surface area contributed by atoms with Crippen molar-refractivity contribution < 1.29 is 19.4 Å². The lowest BCUT2D eigenvalue weighted by Crippen LogP contribution is -2.05. The van der Waals surface area contributed by atoms with Crippen LogP contribution in [-0.4, -0.2) is 30.3 Å². The van der Waals surface area contributed by atoms with Gasteiger partial charge in [-0.05, 0) is 18.2 Å². The molecule has 0 atom stereocenters. The Hall–Kier alpha value is -2.01. The molecule has 1 aromatic heterocycles. The highest BCUT2D eigenvalue weighted by molar-refractivity contribution is 6.31. The largest absolute Gasteiger partial charge is 0.502 e. The first-order chi connectivity index (χ1) is 8.58. The molecule has 2 rings (SSSR count). The predicted molar refractivity (Wildman–Crippen MR) is 66.3 cm³/mol. The minimum Gasteiger partial charge on any atom is -0.502 e. The SMILES string of the molecule is COC(=O)c1c(O)c(OC)nc2ccc(Cl)cc12. The van der Waals surface area contributed by atoms with E-state index in [4.69, 9.17) is 16.3 Å². The van der Waals surface area contributed by atoms with Crippen molar-refractivity contribution in [3.05, 3.63) is 28.8 Å². The maximum Gasteiger partial charge on any atom is 0.342 e. The molecule has 1 aromatic carbocycles. The van der Waals surface area contributed by atoms with Gasteiger partial charge in [0.15, 0.2) is 5.75 Å². The van der Waals surface area contributed by atoms with Gasteiger partial charge in [-0.25, -0.2) is 9.78 Å². The zero-order valence-corrected chi connectivity index (χ0v) is 10.5. The van der Waals surface area contributed by atoms with Crippen molar-refractivity contribution in [1.82, 2.24) is 4.98 Å². The number of esters is 1. The van der Waals surface area contributed by atoms with Crippen LogP contribution < -0.4 is 4.74 Å². The smallest absolute Gasteiger partial charge is 0.342 e. The zero-order valence-electron chi connectivity index (χ0n) is 9.73. The molecular weight excluding hydrogens is 258 g/mol. The molecule has 0 amide bonds. The van der Waals surface area contributed by atoms with E-state index < -0.39 is 5.97 Å². The van der Waals surface area contributed by atoms with Crippen molar-refractivity contribution in [2.45, 2.75) is 0 Å². The first kappa shape index (κ1) is 12.4. The predicted octanol–water partition coefficient (Wildman–Crippen LogP) is 2.39. The number of nitrogens with zero attached hydrogens (tertiary/aromatic N) is 1. The molecular formula is C12H10ClNO4. The van der Waals surface area contributed by atoms with Gasteiger partial charge in [0.25, 0.3) is 5.88 Å². The molecule has 1 N–H and O–H groups in total. The summed E-state index contributed by atoms with van der Waals surface area (Å²) in [4.78, 5) is 15.8. The van der Waals surface area contributed by atoms with Gasteiger partial charge in [-0.1, -0.05) is 11.6 Å². The van der Waals surface area contributed by atoms with E-state index in [1.807, 2.05) is 0 Å². The molecule has 1 heterocycles. The highest BCUT2D eigenvalue weighted by Gasteiger charge is 2.21. The van der Waals surface area contributed by atoms with E-state index in [0.717, 1.165) is 0 Å². The number of carbonyl (C=O) groups is 1. The number of aromatic hydroxyl groups is 1. The third-order valence-corrected chi connectivity index (χ3v) is 2.71. The fourth-order valence-electron chi connectivity index (χ4n) is 1.65. The van der Waals surface area contributed by atoms with E-state index in [9.17, 15) is 9.90 Å². The van der Waals surface area contributed by atoms with Crippen molar-refractivity contribution in [1.29, 1.82) is 0 Å². The van der Waals surface area contributed by atoms with E-state index in [1.54, 1.807) is 12.1 Å². The second-order valence-electron chi connectivity index (χ2n) is 3.50. The normalized spacial score (nSPS) is 10.4. The van der Waals surface area contributed by atoms with E-state index in [-0.39, 0.29) is 17.2 Å². The maximum absolute atomic E-state index is 11.7. The van der Waals surface area contributed by atoms with Crippen LogP contribution in [0.2, 0.25) is 5.02 Å². The Kier molecular flexibility index (Phi) is 3.25. The number of rotatable bonds is 2. The zero-order chi connectivity index (χ0) is 13.3. The van der Waals surface area contributed by atoms with Gasteiger partial charge < -0.3 is 14.6 Å². The molecule has 0 aliphatic rings. The number of aromatic nitrogens is 1. The molecule has 0 saturated heterocycles. The Morgan fingerprint density at radius 1 is 1.39 bits per heavy atom. The molecule has 2 aromatic rings. The number of benzene rings is 1. The second-order valence-corrected chi connectivity index (χ2v) is 3.93. The summed E-state index contributed by atoms with van der Waals surface area (Å²) in [6, 6.07) is 4.80. The summed E-state index contributed by atoms with van der Waals surface area (Å²) >= 11 is 5.87. The second kappa shape index (κ2) is 4.70. The number of halogens is 1. The van der Waals surface area contributed by atoms with Crippen molar-refractivity contribution in [3.63, 3.8) is 0 Å². The molecule has 0 fully saturated rings. The minimum absolute atomic E-state index is 0.0122. The Morgan fingerprint density at radius 3 is 2.72 bits per heavy atom. The number of methoxy groups -OCH3 is 2. The highest BCUT2D eigenvalue weighted by atomic mass is 35.5. The first-order valence-corrected chi connectivity index (χ1v) is 5.40. The Balaban J connectivity index is 2.87. The molecule has 18 heavy (non-hydrogen) atoms. The quantitative estimate of drug-likeness (QED) is 0.846. The van der Waals surface area contributed by atoms with Crippen LogP contribution in [0.1, 0.15) is 10.4 Å². The van der Waals surface area contributed by atoms with Crippen LogP contribution in [0.25, 0.3) is 10.9 Å². The van der Waals surface area contributed by atoms with Crippen LogP contribution in [0.5, 0.6) is 11.6 Å². The van der Waals surface area contributed by atoms with Crippen molar-refractivity contribution in [2.24, 2.45) is 0 Å². The van der Waals surface area contributed by atoms with Crippen LogP contribution in [0, 0.1) is 0 Å². The van der Waals surface area contributed by atoms with Crippen LogP contribution in [0.4, 0.5) is 0 Å². The van der Waals surface area contributed by atoms with Crippen LogP contribution in [-0.2, 0) is 4.74 Å². The van der Waals surface area contributed by atoms with Crippen molar-refractivity contribution in [2.75, 3.05) is 14.2 Å². The number of hydrogen-bond donors (Lipinski definition) is 1. The van der Waals surface area contributed by atoms with Crippen molar-refractivity contribution in [3.8, 4) is 11.6 Å². The average Bonchev–Trinajstić information content (AvgIpc) is 2.37. The molecule has 0 aliphatic carbocycles. The van der Waals surface area contributed by atoms with E-state index in [2.05, 4.69) is 9.72 Å². The number of fused-ring (bicyclic) bond motifs is 1. The van der Waals surface area contributed by atoms with Gasteiger partial charge in [0.1, 0.15) is 5.56 Å². The molecule has 0 saturated carbocycles. The van der Waals surface area contributed by atoms with E-state index in [0.29, 0.717) is 15.9 Å². The minimum atomic E-state index is -0.680. The first-order valence-electron chi connectivity index (χ1n) is 5.03. The highest BCUT2D eigenvalue weighted by Crippen LogP contribution is 2.35. The summed E-state index contributed by atoms with van der Waals surface area (Å²) in [6.07, 6.45) is 0. The van der Waals surface area contributed by atoms with E-state index in [1.165, 1.54) is 20.3 Å². The molecule has 0 aliphatic heterocycles. The fraction of sp³-hybridized carbons (Fsp3) is 0.167. The lowest BCUT2D eigenvalue weighted by atomic mass is 10.1. The van der Waals surface area contributed by atoms with Crippen LogP contribution in [0.15, 0.2) is 18.2 Å². The van der Waals surface area contributed by atoms with Gasteiger partial charge in [0.2, 0.25) is 0 Å². The van der Waals surface area contributed by atoms with Gasteiger partial charge in [0, 0.05) is 10.4 Å². The third kappa shape index (κ3) is 1.93. The van der Waals surface area contributed by atoms with Gasteiger partial charge in [-0.3, -0.25) is 0 Å². The molecule has 5 nitrogen and oxygen atoms in total. The average molecular weight is 268 g/mol. The molecule has 0 spiro atoms. The summed E-state index contributed by atoms with van der Waals surface area (Å²) in [5.41, 5.74) is 0.469. The molecule has 0 unspecified atom stereocenters. The van der Waals surface area contributed by atoms with Crippen LogP contribution in [0.3, 0.4) is 0 Å². The van der Waals surface area contributed by atoms with Gasteiger partial charge in [-0.2, -0.15) is 0 Å². The maximum atomic E-state index is 11.7. The number of carbonyl (C=O) groups excluding carboxylic acids is 1. The summed E-state index contributed by atoms with van der Waals surface area (Å²) in [5, 5.41) is 10.8. The van der Waals surface area contributed by atoms with Crippen LogP contribution >= 0.6 is 11.6 Å². The Bertz CT molecular complexity index is 627. The molecule has 0 bridgehead atoms. The summed E-state index contributed by atoms with van der Waals surface area (Å²) in [6.45, 7) is 0. The third-order valence-electron chi connectivity index (χ3n) is 2.47. The monoisotopic (exact) mass is 267 g/mol. The lowest BCUT2D eigenvalue weighted by molar-refractivity contribution is 0.0599. The molecule has 6 heteroatoms. The molecule has 0 radical (unpaired) electrons. The van der Waals surface area contributed by atoms with Gasteiger partial charge in [0.05, 0.1) is 19.7 Å². The molecule has 94 valence electrons. The Labute approximate surface area is 108 Å². The van der Waals surface area contributed by atoms with Gasteiger partial charge in [-0.15, -0.1) is 0 Å². The van der Waals surface area contributed by atoms with Gasteiger partial charge >= 0.3 is 5.97 Å². The fourth-order valence-corrected chi connectivity index (χ4v) is 1.83. The number of hydrogen-bond acceptors (Lipinski definition) is 5. The lowest BCUT2D eigenvalue weighted by Gasteiger charge is -2.10.